The van der Waals surface area contributed by atoms with Gasteiger partial charge in [0.25, 0.3) is 0 Å². The highest BCUT2D eigenvalue weighted by Crippen LogP contribution is 2.32. The molecule has 94 valence electrons. The summed E-state index contributed by atoms with van der Waals surface area (Å²) in [7, 11) is 0. The van der Waals surface area contributed by atoms with Gasteiger partial charge in [-0.3, -0.25) is 0 Å². The quantitative estimate of drug-likeness (QED) is 0.790. The van der Waals surface area contributed by atoms with Crippen molar-refractivity contribution in [3.8, 4) is 0 Å². The van der Waals surface area contributed by atoms with Gasteiger partial charge in [0.15, 0.2) is 0 Å². The molecule has 2 heterocycles. The second-order valence-electron chi connectivity index (χ2n) is 4.66. The van der Waals surface area contributed by atoms with Crippen molar-refractivity contribution in [3.05, 3.63) is 58.3 Å². The van der Waals surface area contributed by atoms with Crippen LogP contribution >= 0.6 is 11.3 Å². The predicted molar refractivity (Wildman–Crippen MR) is 74.9 cm³/mol. The zero-order chi connectivity index (χ0) is 12.4. The van der Waals surface area contributed by atoms with Crippen LogP contribution in [0.1, 0.15) is 16.5 Å². The number of nitrogens with two attached hydrogens (primary N) is 1. The standard InChI is InChI=1S/C14H17N3S/c15-14-11(9-10-5-2-1-3-6-10)13(16-17-14)12-7-4-8-18-12/h1-8,11,13-14,16-17H,9,15H2. The molecular weight excluding hydrogens is 242 g/mol. The Hall–Kier alpha value is -1.20. The molecule has 0 bridgehead atoms. The van der Waals surface area contributed by atoms with Gasteiger partial charge in [-0.25, -0.2) is 10.9 Å². The Morgan fingerprint density at radius 3 is 2.61 bits per heavy atom. The van der Waals surface area contributed by atoms with E-state index in [0.717, 1.165) is 6.42 Å². The summed E-state index contributed by atoms with van der Waals surface area (Å²) in [5.74, 6) is 0.381. The maximum atomic E-state index is 6.15. The molecule has 3 nitrogen and oxygen atoms in total. The third kappa shape index (κ3) is 2.33. The summed E-state index contributed by atoms with van der Waals surface area (Å²) in [5.41, 5.74) is 14.0. The Kier molecular flexibility index (Phi) is 3.43. The highest BCUT2D eigenvalue weighted by atomic mass is 32.1. The summed E-state index contributed by atoms with van der Waals surface area (Å²) in [4.78, 5) is 1.34. The number of hydrogen-bond acceptors (Lipinski definition) is 4. The van der Waals surface area contributed by atoms with E-state index in [0.29, 0.717) is 12.0 Å². The van der Waals surface area contributed by atoms with E-state index in [4.69, 9.17) is 5.73 Å². The van der Waals surface area contributed by atoms with Crippen molar-refractivity contribution in [2.24, 2.45) is 11.7 Å². The van der Waals surface area contributed by atoms with Gasteiger partial charge in [0.05, 0.1) is 12.2 Å². The van der Waals surface area contributed by atoms with Gasteiger partial charge >= 0.3 is 0 Å². The zero-order valence-electron chi connectivity index (χ0n) is 10.0. The lowest BCUT2D eigenvalue weighted by molar-refractivity contribution is 0.424. The number of rotatable bonds is 3. The first-order chi connectivity index (χ1) is 8.84. The lowest BCUT2D eigenvalue weighted by Gasteiger charge is -2.19. The normalized spacial score (nSPS) is 27.5. The number of thiophene rings is 1. The van der Waals surface area contributed by atoms with Crippen molar-refractivity contribution in [1.82, 2.24) is 10.9 Å². The van der Waals surface area contributed by atoms with Gasteiger partial charge in [-0.05, 0) is 23.4 Å². The van der Waals surface area contributed by atoms with E-state index < -0.39 is 0 Å². The average Bonchev–Trinajstić information content (AvgIpc) is 3.02. The van der Waals surface area contributed by atoms with Crippen molar-refractivity contribution in [3.63, 3.8) is 0 Å². The zero-order valence-corrected chi connectivity index (χ0v) is 10.9. The van der Waals surface area contributed by atoms with E-state index in [1.807, 2.05) is 6.07 Å². The van der Waals surface area contributed by atoms with Crippen LogP contribution in [0.2, 0.25) is 0 Å². The lowest BCUT2D eigenvalue weighted by Crippen LogP contribution is -2.39. The van der Waals surface area contributed by atoms with Crippen LogP contribution in [0.3, 0.4) is 0 Å². The third-order valence-corrected chi connectivity index (χ3v) is 4.41. The fourth-order valence-corrected chi connectivity index (χ4v) is 3.34. The molecule has 4 heteroatoms. The fraction of sp³-hybridized carbons (Fsp3) is 0.286. The number of hydrazine groups is 1. The Bertz CT molecular complexity index is 483. The molecule has 1 aliphatic heterocycles. The topological polar surface area (TPSA) is 50.1 Å². The molecule has 2 aromatic rings. The van der Waals surface area contributed by atoms with Gasteiger partial charge in [-0.2, -0.15) is 0 Å². The molecule has 0 radical (unpaired) electrons. The maximum Gasteiger partial charge on any atom is 0.0730 e. The largest absolute Gasteiger partial charge is 0.315 e. The monoisotopic (exact) mass is 259 g/mol. The van der Waals surface area contributed by atoms with Crippen LogP contribution in [0.5, 0.6) is 0 Å². The average molecular weight is 259 g/mol. The maximum absolute atomic E-state index is 6.15. The van der Waals surface area contributed by atoms with E-state index in [-0.39, 0.29) is 6.17 Å². The fourth-order valence-electron chi connectivity index (χ4n) is 2.49. The van der Waals surface area contributed by atoms with Crippen molar-refractivity contribution in [1.29, 1.82) is 0 Å². The van der Waals surface area contributed by atoms with Crippen molar-refractivity contribution in [2.45, 2.75) is 18.6 Å². The summed E-state index contributed by atoms with van der Waals surface area (Å²) in [6.45, 7) is 0. The summed E-state index contributed by atoms with van der Waals surface area (Å²) in [6, 6.07) is 15.1. The first-order valence-electron chi connectivity index (χ1n) is 6.18. The lowest BCUT2D eigenvalue weighted by atomic mass is 9.91. The molecule has 1 aromatic heterocycles. The Balaban J connectivity index is 1.80. The highest BCUT2D eigenvalue weighted by molar-refractivity contribution is 7.10. The number of benzene rings is 1. The van der Waals surface area contributed by atoms with Crippen LogP contribution in [0.4, 0.5) is 0 Å². The van der Waals surface area contributed by atoms with E-state index in [1.165, 1.54) is 10.4 Å². The molecule has 3 atom stereocenters. The van der Waals surface area contributed by atoms with Crippen LogP contribution in [-0.2, 0) is 6.42 Å². The summed E-state index contributed by atoms with van der Waals surface area (Å²) < 4.78 is 0. The molecule has 1 saturated heterocycles. The van der Waals surface area contributed by atoms with Gasteiger partial charge in [-0.15, -0.1) is 11.3 Å². The Morgan fingerprint density at radius 1 is 1.06 bits per heavy atom. The van der Waals surface area contributed by atoms with Crippen LogP contribution in [-0.4, -0.2) is 6.17 Å². The van der Waals surface area contributed by atoms with Crippen molar-refractivity contribution < 1.29 is 0 Å². The third-order valence-electron chi connectivity index (χ3n) is 3.46. The smallest absolute Gasteiger partial charge is 0.0730 e. The molecule has 1 fully saturated rings. The summed E-state index contributed by atoms with van der Waals surface area (Å²) >= 11 is 1.78. The van der Waals surface area contributed by atoms with Gasteiger partial charge in [-0.1, -0.05) is 36.4 Å². The van der Waals surface area contributed by atoms with E-state index in [9.17, 15) is 0 Å². The number of nitrogens with one attached hydrogen (secondary N) is 2. The second kappa shape index (κ2) is 5.20. The first-order valence-corrected chi connectivity index (χ1v) is 7.06. The SMILES string of the molecule is NC1NNC(c2cccs2)C1Cc1ccccc1. The van der Waals surface area contributed by atoms with Gasteiger partial charge in [0.2, 0.25) is 0 Å². The number of hydrogen-bond donors (Lipinski definition) is 3. The van der Waals surface area contributed by atoms with E-state index in [1.54, 1.807) is 11.3 Å². The summed E-state index contributed by atoms with van der Waals surface area (Å²) in [5, 5.41) is 2.11. The molecule has 18 heavy (non-hydrogen) atoms. The molecule has 3 unspecified atom stereocenters. The Morgan fingerprint density at radius 2 is 1.89 bits per heavy atom. The minimum absolute atomic E-state index is 0.00249. The van der Waals surface area contributed by atoms with Crippen molar-refractivity contribution in [2.75, 3.05) is 0 Å². The van der Waals surface area contributed by atoms with E-state index >= 15 is 0 Å². The molecule has 3 rings (SSSR count). The van der Waals surface area contributed by atoms with Gasteiger partial charge in [0, 0.05) is 10.8 Å². The van der Waals surface area contributed by atoms with Crippen molar-refractivity contribution >= 4 is 11.3 Å². The minimum atomic E-state index is -0.00249. The molecule has 1 aliphatic rings. The van der Waals surface area contributed by atoms with Crippen LogP contribution < -0.4 is 16.6 Å². The molecule has 0 amide bonds. The van der Waals surface area contributed by atoms with Gasteiger partial charge < -0.3 is 5.73 Å². The second-order valence-corrected chi connectivity index (χ2v) is 5.64. The van der Waals surface area contributed by atoms with E-state index in [2.05, 4.69) is 52.6 Å². The predicted octanol–water partition coefficient (Wildman–Crippen LogP) is 2.04. The molecule has 4 N–H and O–H groups in total. The van der Waals surface area contributed by atoms with Crippen LogP contribution in [0.15, 0.2) is 47.8 Å². The molecule has 0 saturated carbocycles. The summed E-state index contributed by atoms with van der Waals surface area (Å²) in [6.07, 6.45) is 0.988. The molecule has 0 spiro atoms. The van der Waals surface area contributed by atoms with Gasteiger partial charge in [0.1, 0.15) is 0 Å². The van der Waals surface area contributed by atoms with Crippen LogP contribution in [0.25, 0.3) is 0 Å². The molecular formula is C14H17N3S. The molecule has 0 aliphatic carbocycles. The van der Waals surface area contributed by atoms with Crippen LogP contribution in [0, 0.1) is 5.92 Å². The molecule has 1 aromatic carbocycles. The Labute approximate surface area is 111 Å². The highest BCUT2D eigenvalue weighted by Gasteiger charge is 2.34. The minimum Gasteiger partial charge on any atom is -0.315 e. The first kappa shape index (κ1) is 11.9.